The predicted molar refractivity (Wildman–Crippen MR) is 316 cm³/mol. The third kappa shape index (κ3) is 29.1. The van der Waals surface area contributed by atoms with E-state index in [0.29, 0.717) is 36.1 Å². The zero-order valence-electron chi connectivity index (χ0n) is 47.0. The highest BCUT2D eigenvalue weighted by molar-refractivity contribution is 7.54. The van der Waals surface area contributed by atoms with Gasteiger partial charge in [0.25, 0.3) is 0 Å². The Morgan fingerprint density at radius 1 is 0.284 bits per heavy atom. The van der Waals surface area contributed by atoms with Crippen LogP contribution < -0.4 is 28.7 Å². The van der Waals surface area contributed by atoms with Gasteiger partial charge in [-0.2, -0.15) is 0 Å². The molecular formula is C64H102N2O6P2. The van der Waals surface area contributed by atoms with Gasteiger partial charge in [-0.3, -0.25) is 0 Å². The van der Waals surface area contributed by atoms with Gasteiger partial charge in [-0.15, -0.1) is 0 Å². The molecule has 10 heteroatoms. The maximum Gasteiger partial charge on any atom is 0.444 e. The van der Waals surface area contributed by atoms with Crippen molar-refractivity contribution in [1.29, 1.82) is 0 Å². The standard InChI is InChI=1S/C64H102N2O6P2/c1-5-9-13-17-21-25-29-33-57-37-45-61(46-38-57)69-73(67,70-62-47-39-58(40-48-62)34-30-26-22-18-14-10-6-2)55-65-53-54-66-56-74(68,71-63-49-41-59(42-50-63)35-31-27-23-19-15-11-7-3)72-64-51-43-60(44-52-64)36-32-28-24-20-16-12-8-4/h37-52,65-66H,5-36,53-56H2,1-4H3. The molecule has 0 heterocycles. The van der Waals surface area contributed by atoms with E-state index in [1.165, 1.54) is 176 Å². The highest BCUT2D eigenvalue weighted by Gasteiger charge is 2.30. The summed E-state index contributed by atoms with van der Waals surface area (Å²) < 4.78 is 54.3. The van der Waals surface area contributed by atoms with Crippen LogP contribution in [-0.4, -0.2) is 25.7 Å². The Hall–Kier alpha value is -3.54. The maximum absolute atomic E-state index is 14.6. The van der Waals surface area contributed by atoms with Crippen LogP contribution in [0.4, 0.5) is 0 Å². The molecule has 0 aliphatic rings. The lowest BCUT2D eigenvalue weighted by atomic mass is 10.0. The minimum Gasteiger partial charge on any atom is -0.415 e. The molecule has 0 aliphatic carbocycles. The van der Waals surface area contributed by atoms with Gasteiger partial charge < -0.3 is 28.7 Å². The van der Waals surface area contributed by atoms with Crippen molar-refractivity contribution in [3.63, 3.8) is 0 Å². The first-order valence-electron chi connectivity index (χ1n) is 30.0. The number of unbranched alkanes of at least 4 members (excludes halogenated alkanes) is 24. The predicted octanol–water partition coefficient (Wildman–Crippen LogP) is 20.0. The first kappa shape index (κ1) is 63.0. The topological polar surface area (TPSA) is 95.1 Å². The van der Waals surface area contributed by atoms with E-state index >= 15 is 0 Å². The smallest absolute Gasteiger partial charge is 0.415 e. The number of benzene rings is 4. The van der Waals surface area contributed by atoms with Gasteiger partial charge >= 0.3 is 15.2 Å². The van der Waals surface area contributed by atoms with Crippen LogP contribution in [0.5, 0.6) is 23.0 Å². The third-order valence-corrected chi connectivity index (χ3v) is 17.2. The Morgan fingerprint density at radius 2 is 0.473 bits per heavy atom. The molecule has 74 heavy (non-hydrogen) atoms. The van der Waals surface area contributed by atoms with E-state index in [9.17, 15) is 9.13 Å². The van der Waals surface area contributed by atoms with Gasteiger partial charge in [0.2, 0.25) is 0 Å². The van der Waals surface area contributed by atoms with Crippen molar-refractivity contribution in [2.24, 2.45) is 0 Å². The van der Waals surface area contributed by atoms with E-state index in [0.717, 1.165) is 51.4 Å². The second-order valence-corrected chi connectivity index (χ2v) is 24.8. The fourth-order valence-electron chi connectivity index (χ4n) is 9.43. The summed E-state index contributed by atoms with van der Waals surface area (Å²) in [5, 5.41) is 6.62. The Bertz CT molecular complexity index is 1780. The van der Waals surface area contributed by atoms with Gasteiger partial charge in [0.15, 0.2) is 0 Å². The van der Waals surface area contributed by atoms with Gasteiger partial charge in [-0.05, 0) is 122 Å². The number of hydrogen-bond acceptors (Lipinski definition) is 8. The van der Waals surface area contributed by atoms with E-state index in [1.807, 2.05) is 48.5 Å². The zero-order valence-corrected chi connectivity index (χ0v) is 48.8. The van der Waals surface area contributed by atoms with E-state index in [-0.39, 0.29) is 12.6 Å². The molecule has 414 valence electrons. The Labute approximate surface area is 452 Å². The first-order valence-corrected chi connectivity index (χ1v) is 33.4. The minimum atomic E-state index is -3.73. The minimum absolute atomic E-state index is 0.0185. The lowest BCUT2D eigenvalue weighted by molar-refractivity contribution is 0.376. The van der Waals surface area contributed by atoms with Crippen molar-refractivity contribution in [2.45, 2.75) is 233 Å². The normalized spacial score (nSPS) is 11.8. The van der Waals surface area contributed by atoms with Crippen LogP contribution in [0.15, 0.2) is 97.1 Å². The number of nitrogens with one attached hydrogen (secondary N) is 2. The molecule has 4 aromatic carbocycles. The summed E-state index contributed by atoms with van der Waals surface area (Å²) in [6.07, 6.45) is 39.7. The number of aryl methyl sites for hydroxylation is 4. The van der Waals surface area contributed by atoms with Crippen LogP contribution in [0.3, 0.4) is 0 Å². The Balaban J connectivity index is 1.36. The highest BCUT2D eigenvalue weighted by atomic mass is 31.2. The van der Waals surface area contributed by atoms with Gasteiger partial charge in [-0.1, -0.05) is 230 Å². The summed E-state index contributed by atoms with van der Waals surface area (Å²) in [7, 11) is -7.46. The Morgan fingerprint density at radius 3 is 0.676 bits per heavy atom. The monoisotopic (exact) mass is 1060 g/mol. The largest absolute Gasteiger partial charge is 0.444 e. The molecule has 0 saturated heterocycles. The van der Waals surface area contributed by atoms with E-state index in [4.69, 9.17) is 18.1 Å². The second kappa shape index (κ2) is 39.8. The molecule has 0 fully saturated rings. The molecule has 0 spiro atoms. The molecule has 0 atom stereocenters. The summed E-state index contributed by atoms with van der Waals surface area (Å²) >= 11 is 0. The van der Waals surface area contributed by atoms with Crippen LogP contribution in [-0.2, 0) is 34.8 Å². The average Bonchev–Trinajstić information content (AvgIpc) is 3.40. The molecule has 0 aliphatic heterocycles. The molecule has 8 nitrogen and oxygen atoms in total. The summed E-state index contributed by atoms with van der Waals surface area (Å²) in [4.78, 5) is 0. The van der Waals surface area contributed by atoms with Crippen LogP contribution in [0, 0.1) is 0 Å². The molecule has 0 unspecified atom stereocenters. The van der Waals surface area contributed by atoms with Gasteiger partial charge in [0, 0.05) is 13.1 Å². The second-order valence-electron chi connectivity index (χ2n) is 21.0. The Kier molecular flexibility index (Phi) is 33.9. The molecule has 0 saturated carbocycles. The summed E-state index contributed by atoms with van der Waals surface area (Å²) in [5.74, 6) is 2.05. The van der Waals surface area contributed by atoms with Crippen LogP contribution in [0.2, 0.25) is 0 Å². The molecule has 0 bridgehead atoms. The van der Waals surface area contributed by atoms with Crippen LogP contribution in [0.25, 0.3) is 0 Å². The van der Waals surface area contributed by atoms with Crippen molar-refractivity contribution in [1.82, 2.24) is 10.6 Å². The van der Waals surface area contributed by atoms with E-state index in [1.54, 1.807) is 0 Å². The number of rotatable bonds is 47. The molecule has 0 aromatic heterocycles. The lowest BCUT2D eigenvalue weighted by Gasteiger charge is -2.22. The molecule has 2 N–H and O–H groups in total. The van der Waals surface area contributed by atoms with Gasteiger partial charge in [-0.25, -0.2) is 9.13 Å². The summed E-state index contributed by atoms with van der Waals surface area (Å²) in [5.41, 5.74) is 5.00. The van der Waals surface area contributed by atoms with Crippen molar-refractivity contribution in [3.8, 4) is 23.0 Å². The summed E-state index contributed by atoms with van der Waals surface area (Å²) in [6.45, 7) is 9.85. The third-order valence-electron chi connectivity index (χ3n) is 14.0. The van der Waals surface area contributed by atoms with E-state index < -0.39 is 15.2 Å². The van der Waals surface area contributed by atoms with Crippen molar-refractivity contribution >= 4 is 15.2 Å². The van der Waals surface area contributed by atoms with Crippen LogP contribution >= 0.6 is 15.2 Å². The van der Waals surface area contributed by atoms with Crippen molar-refractivity contribution < 1.29 is 27.2 Å². The fourth-order valence-corrected chi connectivity index (χ4v) is 12.4. The molecule has 4 rings (SSSR count). The van der Waals surface area contributed by atoms with Crippen LogP contribution in [0.1, 0.15) is 230 Å². The molecular weight excluding hydrogens is 955 g/mol. The van der Waals surface area contributed by atoms with E-state index in [2.05, 4.69) is 86.9 Å². The first-order chi connectivity index (χ1) is 36.2. The molecule has 4 aromatic rings. The van der Waals surface area contributed by atoms with Gasteiger partial charge in [0.1, 0.15) is 35.6 Å². The lowest BCUT2D eigenvalue weighted by Crippen LogP contribution is -2.30. The average molecular weight is 1060 g/mol. The quantitative estimate of drug-likeness (QED) is 0.0334. The van der Waals surface area contributed by atoms with Crippen molar-refractivity contribution in [2.75, 3.05) is 25.7 Å². The SMILES string of the molecule is CCCCCCCCCc1ccc(OP(=O)(CNCCNCP(=O)(Oc2ccc(CCCCCCCCC)cc2)Oc2ccc(CCCCCCCCC)cc2)Oc2ccc(CCCCCCCCC)cc2)cc1. The zero-order chi connectivity index (χ0) is 52.6. The fraction of sp³-hybridized carbons (Fsp3) is 0.625. The maximum atomic E-state index is 14.6. The summed E-state index contributed by atoms with van der Waals surface area (Å²) in [6, 6.07) is 31.9. The highest BCUT2D eigenvalue weighted by Crippen LogP contribution is 2.49. The molecule has 0 amide bonds. The molecule has 0 radical (unpaired) electrons. The number of hydrogen-bond donors (Lipinski definition) is 2. The van der Waals surface area contributed by atoms with Gasteiger partial charge in [0.05, 0.1) is 0 Å². The van der Waals surface area contributed by atoms with Crippen molar-refractivity contribution in [3.05, 3.63) is 119 Å².